The van der Waals surface area contributed by atoms with Gasteiger partial charge in [0.2, 0.25) is 5.88 Å². The molecule has 0 saturated heterocycles. The summed E-state index contributed by atoms with van der Waals surface area (Å²) in [7, 11) is 1.52. The van der Waals surface area contributed by atoms with Gasteiger partial charge in [-0.1, -0.05) is 6.07 Å². The Balaban J connectivity index is 2.31. The number of ether oxygens (including phenoxy) is 2. The highest BCUT2D eigenvalue weighted by atomic mass is 19.4. The number of nitriles is 1. The van der Waals surface area contributed by atoms with Gasteiger partial charge in [0.25, 0.3) is 0 Å². The topological polar surface area (TPSA) is 68.0 Å². The van der Waals surface area contributed by atoms with Gasteiger partial charge >= 0.3 is 6.18 Å². The second-order valence-electron chi connectivity index (χ2n) is 4.46. The first-order valence-electron chi connectivity index (χ1n) is 6.51. The van der Waals surface area contributed by atoms with Gasteiger partial charge in [-0.25, -0.2) is 4.98 Å². The molecule has 2 heterocycles. The molecule has 0 radical (unpaired) electrons. The van der Waals surface area contributed by atoms with E-state index in [1.165, 1.54) is 25.3 Å². The van der Waals surface area contributed by atoms with Crippen LogP contribution in [0.5, 0.6) is 5.88 Å². The third-order valence-corrected chi connectivity index (χ3v) is 2.84. The predicted octanol–water partition coefficient (Wildman–Crippen LogP) is 3.06. The number of halogens is 3. The number of aromatic nitrogens is 2. The molecule has 0 aliphatic heterocycles. The Labute approximate surface area is 130 Å². The van der Waals surface area contributed by atoms with Crippen LogP contribution in [0.25, 0.3) is 11.1 Å². The first-order chi connectivity index (χ1) is 10.9. The highest BCUT2D eigenvalue weighted by molar-refractivity contribution is 5.65. The highest BCUT2D eigenvalue weighted by Crippen LogP contribution is 2.29. The Morgan fingerprint density at radius 3 is 2.52 bits per heavy atom. The van der Waals surface area contributed by atoms with Crippen LogP contribution in [0.1, 0.15) is 11.4 Å². The molecule has 0 unspecified atom stereocenters. The van der Waals surface area contributed by atoms with E-state index in [4.69, 9.17) is 14.7 Å². The van der Waals surface area contributed by atoms with Crippen molar-refractivity contribution in [1.82, 2.24) is 9.97 Å². The van der Waals surface area contributed by atoms with Crippen molar-refractivity contribution in [1.29, 1.82) is 5.26 Å². The smallest absolute Gasteiger partial charge is 0.433 e. The van der Waals surface area contributed by atoms with Gasteiger partial charge in [0.05, 0.1) is 6.61 Å². The molecule has 2 aromatic heterocycles. The molecule has 2 aromatic rings. The van der Waals surface area contributed by atoms with Crippen molar-refractivity contribution >= 4 is 0 Å². The van der Waals surface area contributed by atoms with Gasteiger partial charge in [-0.05, 0) is 17.7 Å². The predicted molar refractivity (Wildman–Crippen MR) is 74.6 cm³/mol. The van der Waals surface area contributed by atoms with E-state index in [9.17, 15) is 13.2 Å². The van der Waals surface area contributed by atoms with Gasteiger partial charge in [0.1, 0.15) is 24.1 Å². The summed E-state index contributed by atoms with van der Waals surface area (Å²) in [5.74, 6) is 0.191. The normalized spacial score (nSPS) is 11.1. The zero-order valence-electron chi connectivity index (χ0n) is 12.1. The van der Waals surface area contributed by atoms with E-state index in [0.717, 1.165) is 12.3 Å². The molecule has 5 nitrogen and oxygen atoms in total. The van der Waals surface area contributed by atoms with Crippen LogP contribution in [0.3, 0.4) is 0 Å². The Morgan fingerprint density at radius 2 is 1.96 bits per heavy atom. The summed E-state index contributed by atoms with van der Waals surface area (Å²) in [5.41, 5.74) is 0.0286. The summed E-state index contributed by atoms with van der Waals surface area (Å²) in [4.78, 5) is 7.36. The monoisotopic (exact) mass is 323 g/mol. The first kappa shape index (κ1) is 16.7. The van der Waals surface area contributed by atoms with E-state index in [-0.39, 0.29) is 18.2 Å². The Hall–Kier alpha value is -2.66. The van der Waals surface area contributed by atoms with Gasteiger partial charge in [0.15, 0.2) is 0 Å². The molecule has 8 heteroatoms. The van der Waals surface area contributed by atoms with Crippen LogP contribution in [0.4, 0.5) is 13.2 Å². The van der Waals surface area contributed by atoms with Gasteiger partial charge in [-0.15, -0.1) is 0 Å². The quantitative estimate of drug-likeness (QED) is 0.791. The summed E-state index contributed by atoms with van der Waals surface area (Å²) in [5, 5.41) is 9.00. The van der Waals surface area contributed by atoms with E-state index in [1.54, 1.807) is 0 Å². The Bertz CT molecular complexity index is 709. The van der Waals surface area contributed by atoms with Crippen molar-refractivity contribution in [3.8, 4) is 23.1 Å². The zero-order chi connectivity index (χ0) is 16.9. The average Bonchev–Trinajstić information content (AvgIpc) is 2.54. The molecule has 0 saturated carbocycles. The van der Waals surface area contributed by atoms with Crippen LogP contribution in [0, 0.1) is 11.3 Å². The van der Waals surface area contributed by atoms with Crippen molar-refractivity contribution in [2.75, 3.05) is 20.3 Å². The van der Waals surface area contributed by atoms with Gasteiger partial charge in [-0.2, -0.15) is 18.4 Å². The Kier molecular flexibility index (Phi) is 5.13. The molecule has 0 aromatic carbocycles. The molecular weight excluding hydrogens is 311 g/mol. The molecule has 0 bridgehead atoms. The van der Waals surface area contributed by atoms with Crippen molar-refractivity contribution in [2.24, 2.45) is 0 Å². The molecule has 0 N–H and O–H groups in total. The second-order valence-corrected chi connectivity index (χ2v) is 4.46. The van der Waals surface area contributed by atoms with Crippen molar-refractivity contribution in [3.63, 3.8) is 0 Å². The molecule has 2 rings (SSSR count). The largest absolute Gasteiger partial charge is 0.475 e. The highest BCUT2D eigenvalue weighted by Gasteiger charge is 2.32. The SMILES string of the molecule is COCCOc1cc(-c2ccc(C(F)(F)F)nc2)cc(C#N)n1. The van der Waals surface area contributed by atoms with E-state index >= 15 is 0 Å². The summed E-state index contributed by atoms with van der Waals surface area (Å²) < 4.78 is 47.8. The number of hydrogen-bond acceptors (Lipinski definition) is 5. The second kappa shape index (κ2) is 7.07. The third kappa shape index (κ3) is 4.40. The molecule has 120 valence electrons. The van der Waals surface area contributed by atoms with Gasteiger partial charge < -0.3 is 9.47 Å². The third-order valence-electron chi connectivity index (χ3n) is 2.84. The zero-order valence-corrected chi connectivity index (χ0v) is 12.1. The molecule has 0 amide bonds. The number of rotatable bonds is 5. The lowest BCUT2D eigenvalue weighted by Crippen LogP contribution is -2.07. The number of nitrogens with zero attached hydrogens (tertiary/aromatic N) is 3. The van der Waals surface area contributed by atoms with Crippen molar-refractivity contribution in [3.05, 3.63) is 41.9 Å². The minimum absolute atomic E-state index is 0.0924. The fourth-order valence-corrected chi connectivity index (χ4v) is 1.77. The van der Waals surface area contributed by atoms with Crippen LogP contribution in [-0.2, 0) is 10.9 Å². The van der Waals surface area contributed by atoms with Crippen LogP contribution in [0.2, 0.25) is 0 Å². The summed E-state index contributed by atoms with van der Waals surface area (Å²) >= 11 is 0. The van der Waals surface area contributed by atoms with Gasteiger partial charge in [0, 0.05) is 24.9 Å². The summed E-state index contributed by atoms with van der Waals surface area (Å²) in [6.07, 6.45) is -3.40. The maximum absolute atomic E-state index is 12.5. The fourth-order valence-electron chi connectivity index (χ4n) is 1.77. The van der Waals surface area contributed by atoms with E-state index < -0.39 is 11.9 Å². The Morgan fingerprint density at radius 1 is 1.17 bits per heavy atom. The minimum Gasteiger partial charge on any atom is -0.475 e. The maximum Gasteiger partial charge on any atom is 0.433 e. The molecule has 0 spiro atoms. The lowest BCUT2D eigenvalue weighted by atomic mass is 10.1. The van der Waals surface area contributed by atoms with Crippen LogP contribution < -0.4 is 4.74 Å². The molecule has 23 heavy (non-hydrogen) atoms. The van der Waals surface area contributed by atoms with Crippen molar-refractivity contribution in [2.45, 2.75) is 6.18 Å². The summed E-state index contributed by atoms with van der Waals surface area (Å²) in [6, 6.07) is 7.03. The van der Waals surface area contributed by atoms with E-state index in [2.05, 4.69) is 9.97 Å². The number of pyridine rings is 2. The fraction of sp³-hybridized carbons (Fsp3) is 0.267. The standard InChI is InChI=1S/C15H12F3N3O2/c1-22-4-5-23-14-7-11(6-12(8-19)21-14)10-2-3-13(20-9-10)15(16,17)18/h2-3,6-7,9H,4-5H2,1H3. The molecule has 0 aliphatic rings. The number of alkyl halides is 3. The number of hydrogen-bond donors (Lipinski definition) is 0. The minimum atomic E-state index is -4.50. The lowest BCUT2D eigenvalue weighted by molar-refractivity contribution is -0.141. The summed E-state index contributed by atoms with van der Waals surface area (Å²) in [6.45, 7) is 0.582. The van der Waals surface area contributed by atoms with E-state index in [1.807, 2.05) is 6.07 Å². The van der Waals surface area contributed by atoms with E-state index in [0.29, 0.717) is 17.7 Å². The average molecular weight is 323 g/mol. The molecule has 0 atom stereocenters. The van der Waals surface area contributed by atoms with Crippen molar-refractivity contribution < 1.29 is 22.6 Å². The molecule has 0 fully saturated rings. The number of methoxy groups -OCH3 is 1. The van der Waals surface area contributed by atoms with Crippen LogP contribution in [-0.4, -0.2) is 30.3 Å². The maximum atomic E-state index is 12.5. The van der Waals surface area contributed by atoms with Gasteiger partial charge in [-0.3, -0.25) is 4.98 Å². The lowest BCUT2D eigenvalue weighted by Gasteiger charge is -2.09. The first-order valence-corrected chi connectivity index (χ1v) is 6.51. The molecular formula is C15H12F3N3O2. The van der Waals surface area contributed by atoms with Crippen LogP contribution in [0.15, 0.2) is 30.5 Å². The van der Waals surface area contributed by atoms with Crippen LogP contribution >= 0.6 is 0 Å². The molecule has 0 aliphatic carbocycles.